The highest BCUT2D eigenvalue weighted by atomic mass is 15.2. The third-order valence-corrected chi connectivity index (χ3v) is 11.5. The predicted molar refractivity (Wildman–Crippen MR) is 239 cm³/mol. The van der Waals surface area contributed by atoms with Crippen LogP contribution in [0.2, 0.25) is 0 Å². The van der Waals surface area contributed by atoms with E-state index in [4.69, 9.17) is 9.97 Å². The van der Waals surface area contributed by atoms with Crippen LogP contribution in [0.1, 0.15) is 18.0 Å². The number of benzene rings is 7. The zero-order valence-corrected chi connectivity index (χ0v) is 31.8. The quantitative estimate of drug-likeness (QED) is 0.170. The molecule has 3 heterocycles. The van der Waals surface area contributed by atoms with Gasteiger partial charge in [-0.15, -0.1) is 0 Å². The number of para-hydroxylation sites is 3. The summed E-state index contributed by atoms with van der Waals surface area (Å²) in [5.74, 6) is 0.776. The van der Waals surface area contributed by atoms with Crippen molar-refractivity contribution in [1.29, 1.82) is 0 Å². The van der Waals surface area contributed by atoms with Crippen LogP contribution in [-0.2, 0) is 0 Å². The van der Waals surface area contributed by atoms with Gasteiger partial charge in [0.2, 0.25) is 0 Å². The predicted octanol–water partition coefficient (Wildman–Crippen LogP) is 13.8. The van der Waals surface area contributed by atoms with E-state index in [2.05, 4.69) is 198 Å². The fraction of sp³-hybridized carbons (Fsp3) is 0.0370. The first-order chi connectivity index (χ1) is 28.8. The number of nitrogens with zero attached hydrogens (tertiary/aromatic N) is 4. The third-order valence-electron chi connectivity index (χ3n) is 11.5. The zero-order chi connectivity index (χ0) is 38.4. The van der Waals surface area contributed by atoms with Gasteiger partial charge in [-0.3, -0.25) is 0 Å². The second-order valence-electron chi connectivity index (χ2n) is 14.9. The molecule has 4 heteroatoms. The lowest BCUT2D eigenvalue weighted by Gasteiger charge is -2.33. The van der Waals surface area contributed by atoms with E-state index in [0.29, 0.717) is 5.82 Å². The van der Waals surface area contributed by atoms with Gasteiger partial charge < -0.3 is 9.47 Å². The molecule has 4 nitrogen and oxygen atoms in total. The Hall–Kier alpha value is -7.56. The molecular formula is C54H38N4. The second kappa shape index (κ2) is 14.2. The Morgan fingerprint density at radius 1 is 0.483 bits per heavy atom. The van der Waals surface area contributed by atoms with Gasteiger partial charge in [0.05, 0.1) is 22.6 Å². The summed E-state index contributed by atoms with van der Waals surface area (Å²) in [4.78, 5) is 12.8. The maximum absolute atomic E-state index is 5.21. The van der Waals surface area contributed by atoms with Crippen LogP contribution >= 0.6 is 0 Å². The highest BCUT2D eigenvalue weighted by Crippen LogP contribution is 2.55. The van der Waals surface area contributed by atoms with Crippen LogP contribution in [0.3, 0.4) is 0 Å². The monoisotopic (exact) mass is 742 g/mol. The largest absolute Gasteiger partial charge is 0.313 e. The molecule has 1 aliphatic heterocycles. The van der Waals surface area contributed by atoms with Gasteiger partial charge in [0.15, 0.2) is 5.82 Å². The van der Waals surface area contributed by atoms with Crippen molar-refractivity contribution in [3.05, 3.63) is 224 Å². The Morgan fingerprint density at radius 2 is 1.07 bits per heavy atom. The molecule has 0 bridgehead atoms. The molecule has 274 valence electrons. The van der Waals surface area contributed by atoms with Crippen molar-refractivity contribution in [2.24, 2.45) is 0 Å². The highest BCUT2D eigenvalue weighted by Gasteiger charge is 2.37. The minimum Gasteiger partial charge on any atom is -0.313 e. The molecule has 2 aromatic heterocycles. The molecule has 0 radical (unpaired) electrons. The fourth-order valence-electron chi connectivity index (χ4n) is 8.95. The van der Waals surface area contributed by atoms with Crippen molar-refractivity contribution in [3.8, 4) is 61.8 Å². The molecule has 58 heavy (non-hydrogen) atoms. The molecule has 1 atom stereocenters. The normalized spacial score (nSPS) is 14.3. The summed E-state index contributed by atoms with van der Waals surface area (Å²) in [6.45, 7) is 0. The lowest BCUT2D eigenvalue weighted by Crippen LogP contribution is -2.23. The van der Waals surface area contributed by atoms with E-state index in [1.807, 2.05) is 24.3 Å². The lowest BCUT2D eigenvalue weighted by atomic mass is 9.89. The Labute approximate surface area is 338 Å². The third kappa shape index (κ3) is 5.69. The highest BCUT2D eigenvalue weighted by molar-refractivity contribution is 6.09. The van der Waals surface area contributed by atoms with E-state index in [9.17, 15) is 0 Å². The SMILES string of the molecule is C1=CCC2C(=C1)N(c1cccc(-c3cc(-c4ccccc4)nc(-c4ccccc4)n3)c1)c1ccccc1-c1c2n(-c2ccccc2)c2c(-c3ccccc3)cccc12. The Morgan fingerprint density at radius 3 is 1.83 bits per heavy atom. The molecular weight excluding hydrogens is 705 g/mol. The summed E-state index contributed by atoms with van der Waals surface area (Å²) in [7, 11) is 0. The van der Waals surface area contributed by atoms with E-state index in [-0.39, 0.29) is 5.92 Å². The summed E-state index contributed by atoms with van der Waals surface area (Å²) in [6.07, 6.45) is 7.75. The van der Waals surface area contributed by atoms with Crippen LogP contribution in [0, 0.1) is 0 Å². The topological polar surface area (TPSA) is 34.0 Å². The summed E-state index contributed by atoms with van der Waals surface area (Å²) >= 11 is 0. The summed E-state index contributed by atoms with van der Waals surface area (Å²) in [5.41, 5.74) is 17.0. The van der Waals surface area contributed by atoms with Crippen molar-refractivity contribution in [1.82, 2.24) is 14.5 Å². The average molecular weight is 743 g/mol. The molecule has 1 unspecified atom stereocenters. The van der Waals surface area contributed by atoms with Gasteiger partial charge in [-0.05, 0) is 54.5 Å². The summed E-state index contributed by atoms with van der Waals surface area (Å²) in [5, 5.41) is 1.25. The minimum atomic E-state index is 0.0701. The van der Waals surface area contributed by atoms with Gasteiger partial charge in [0.25, 0.3) is 0 Å². The lowest BCUT2D eigenvalue weighted by molar-refractivity contribution is 0.738. The van der Waals surface area contributed by atoms with E-state index in [0.717, 1.165) is 51.6 Å². The van der Waals surface area contributed by atoms with Crippen molar-refractivity contribution in [3.63, 3.8) is 0 Å². The molecule has 0 N–H and O–H groups in total. The fourth-order valence-corrected chi connectivity index (χ4v) is 8.95. The number of allylic oxidation sites excluding steroid dienone is 4. The van der Waals surface area contributed by atoms with Crippen LogP contribution in [0.15, 0.2) is 218 Å². The first-order valence-electron chi connectivity index (χ1n) is 19.9. The van der Waals surface area contributed by atoms with Crippen LogP contribution in [0.25, 0.3) is 72.7 Å². The molecule has 7 aromatic carbocycles. The van der Waals surface area contributed by atoms with Gasteiger partial charge in [-0.1, -0.05) is 170 Å². The number of rotatable bonds is 6. The Kier molecular flexibility index (Phi) is 8.25. The number of hydrogen-bond acceptors (Lipinski definition) is 3. The molecule has 0 amide bonds. The first kappa shape index (κ1) is 33.8. The van der Waals surface area contributed by atoms with Crippen LogP contribution in [-0.4, -0.2) is 14.5 Å². The molecule has 2 aliphatic rings. The Balaban J connectivity index is 1.14. The first-order valence-corrected chi connectivity index (χ1v) is 19.9. The van der Waals surface area contributed by atoms with E-state index >= 15 is 0 Å². The van der Waals surface area contributed by atoms with Crippen LogP contribution in [0.5, 0.6) is 0 Å². The molecule has 9 aromatic rings. The molecule has 0 spiro atoms. The van der Waals surface area contributed by atoms with Crippen LogP contribution < -0.4 is 4.90 Å². The summed E-state index contributed by atoms with van der Waals surface area (Å²) in [6, 6.07) is 69.1. The molecule has 11 rings (SSSR count). The van der Waals surface area contributed by atoms with Crippen molar-refractivity contribution in [2.45, 2.75) is 12.3 Å². The number of hydrogen-bond donors (Lipinski definition) is 0. The number of anilines is 2. The molecule has 1 aliphatic carbocycles. The summed E-state index contributed by atoms with van der Waals surface area (Å²) < 4.78 is 2.55. The standard InChI is InChI=1S/C54H38N4/c1-5-19-37(20-6-1)43-31-18-32-46-51-44-29-13-15-33-49(44)57(50-34-16-14-30-45(50)53(51)58(52(43)46)41-26-11-4-12-27-41)42-28-17-25-40(35-42)48-36-47(38-21-7-2-8-22-38)55-54(56-48)39-23-9-3-10-24-39/h1-29,31-36,45H,30H2. The van der Waals surface area contributed by atoms with Gasteiger partial charge in [-0.25, -0.2) is 9.97 Å². The van der Waals surface area contributed by atoms with Gasteiger partial charge >= 0.3 is 0 Å². The van der Waals surface area contributed by atoms with Gasteiger partial charge in [-0.2, -0.15) is 0 Å². The van der Waals surface area contributed by atoms with Crippen molar-refractivity contribution >= 4 is 22.3 Å². The maximum atomic E-state index is 5.21. The van der Waals surface area contributed by atoms with E-state index in [1.54, 1.807) is 0 Å². The van der Waals surface area contributed by atoms with Gasteiger partial charge in [0, 0.05) is 67.5 Å². The molecule has 0 saturated heterocycles. The Bertz CT molecular complexity index is 2960. The van der Waals surface area contributed by atoms with Gasteiger partial charge in [0.1, 0.15) is 0 Å². The smallest absolute Gasteiger partial charge is 0.160 e. The maximum Gasteiger partial charge on any atom is 0.160 e. The van der Waals surface area contributed by atoms with E-state index < -0.39 is 0 Å². The van der Waals surface area contributed by atoms with Crippen molar-refractivity contribution in [2.75, 3.05) is 4.90 Å². The number of fused-ring (bicyclic) bond motifs is 7. The molecule has 0 fully saturated rings. The zero-order valence-electron chi connectivity index (χ0n) is 31.8. The average Bonchev–Trinajstić information content (AvgIpc) is 3.59. The number of aromatic nitrogens is 3. The second-order valence-corrected chi connectivity index (χ2v) is 14.9. The molecule has 0 saturated carbocycles. The van der Waals surface area contributed by atoms with Crippen molar-refractivity contribution < 1.29 is 0 Å². The minimum absolute atomic E-state index is 0.0701. The van der Waals surface area contributed by atoms with E-state index in [1.165, 1.54) is 44.5 Å². The van der Waals surface area contributed by atoms with Crippen LogP contribution in [0.4, 0.5) is 11.4 Å².